The number of nitrogens with zero attached hydrogens (tertiary/aromatic N) is 2. The maximum atomic E-state index is 12.9. The van der Waals surface area contributed by atoms with Crippen molar-refractivity contribution >= 4 is 17.7 Å². The summed E-state index contributed by atoms with van der Waals surface area (Å²) in [6.07, 6.45) is 2.63. The van der Waals surface area contributed by atoms with Gasteiger partial charge in [0.2, 0.25) is 17.7 Å². The number of hydrogen-bond donors (Lipinski definition) is 1. The van der Waals surface area contributed by atoms with Crippen LogP contribution in [0.5, 0.6) is 0 Å². The molecule has 138 valence electrons. The van der Waals surface area contributed by atoms with Gasteiger partial charge in [0.15, 0.2) is 0 Å². The molecule has 1 N–H and O–H groups in total. The molecular weight excluding hydrogens is 330 g/mol. The van der Waals surface area contributed by atoms with E-state index in [1.807, 2.05) is 35.2 Å². The van der Waals surface area contributed by atoms with Gasteiger partial charge in [-0.2, -0.15) is 0 Å². The van der Waals surface area contributed by atoms with Gasteiger partial charge in [0.25, 0.3) is 0 Å². The quantitative estimate of drug-likeness (QED) is 0.885. The number of likely N-dealkylation sites (tertiary alicyclic amines) is 2. The standard InChI is InChI=1S/C20H25N3O3/c24-17-11-20(14-21-17)6-8-22(9-7-20)19(26)16-10-18(25)23(13-16)12-15-4-2-1-3-5-15/h1-5,16H,6-14H2,(H,21,24). The fraction of sp³-hybridized carbons (Fsp3) is 0.550. The van der Waals surface area contributed by atoms with Crippen molar-refractivity contribution in [2.45, 2.75) is 32.2 Å². The molecule has 0 saturated carbocycles. The van der Waals surface area contributed by atoms with E-state index in [-0.39, 0.29) is 29.1 Å². The average molecular weight is 355 g/mol. The summed E-state index contributed by atoms with van der Waals surface area (Å²) in [6, 6.07) is 9.89. The van der Waals surface area contributed by atoms with Gasteiger partial charge in [0, 0.05) is 45.6 Å². The number of piperidine rings is 1. The van der Waals surface area contributed by atoms with Crippen molar-refractivity contribution in [3.8, 4) is 0 Å². The second-order valence-corrected chi connectivity index (χ2v) is 7.94. The van der Waals surface area contributed by atoms with Gasteiger partial charge in [0.1, 0.15) is 0 Å². The van der Waals surface area contributed by atoms with Crippen LogP contribution < -0.4 is 5.32 Å². The number of amides is 3. The first-order valence-corrected chi connectivity index (χ1v) is 9.42. The number of carbonyl (C=O) groups is 3. The fourth-order valence-corrected chi connectivity index (χ4v) is 4.46. The van der Waals surface area contributed by atoms with E-state index in [2.05, 4.69) is 5.32 Å². The van der Waals surface area contributed by atoms with Crippen LogP contribution in [0.4, 0.5) is 0 Å². The number of rotatable bonds is 3. The first-order valence-electron chi connectivity index (χ1n) is 9.42. The summed E-state index contributed by atoms with van der Waals surface area (Å²) in [7, 11) is 0. The van der Waals surface area contributed by atoms with Crippen molar-refractivity contribution in [1.29, 1.82) is 0 Å². The molecule has 6 nitrogen and oxygen atoms in total. The molecule has 1 aromatic rings. The van der Waals surface area contributed by atoms with Crippen molar-refractivity contribution in [3.63, 3.8) is 0 Å². The molecule has 6 heteroatoms. The minimum absolute atomic E-state index is 0.0404. The van der Waals surface area contributed by atoms with Gasteiger partial charge in [-0.3, -0.25) is 14.4 Å². The lowest BCUT2D eigenvalue weighted by Gasteiger charge is -2.39. The summed E-state index contributed by atoms with van der Waals surface area (Å²) in [5, 5.41) is 2.92. The summed E-state index contributed by atoms with van der Waals surface area (Å²) >= 11 is 0. The van der Waals surface area contributed by atoms with Crippen LogP contribution in [0.3, 0.4) is 0 Å². The molecule has 0 aromatic heterocycles. The second kappa shape index (κ2) is 6.74. The molecule has 1 atom stereocenters. The molecule has 4 rings (SSSR count). The average Bonchev–Trinajstić information content (AvgIpc) is 3.19. The Kier molecular flexibility index (Phi) is 4.42. The van der Waals surface area contributed by atoms with Crippen molar-refractivity contribution in [3.05, 3.63) is 35.9 Å². The Morgan fingerprint density at radius 3 is 2.54 bits per heavy atom. The zero-order valence-corrected chi connectivity index (χ0v) is 14.9. The Bertz CT molecular complexity index is 710. The van der Waals surface area contributed by atoms with Crippen LogP contribution in [0.1, 0.15) is 31.2 Å². The first kappa shape index (κ1) is 17.1. The fourth-order valence-electron chi connectivity index (χ4n) is 4.46. The zero-order valence-electron chi connectivity index (χ0n) is 14.9. The summed E-state index contributed by atoms with van der Waals surface area (Å²) in [4.78, 5) is 40.4. The molecule has 3 heterocycles. The predicted octanol–water partition coefficient (Wildman–Crippen LogP) is 1.16. The summed E-state index contributed by atoms with van der Waals surface area (Å²) < 4.78 is 0. The SMILES string of the molecule is O=C1CC2(CCN(C(=O)C3CC(=O)N(Cc4ccccc4)C3)CC2)CN1. The van der Waals surface area contributed by atoms with Crippen molar-refractivity contribution in [1.82, 2.24) is 15.1 Å². The van der Waals surface area contributed by atoms with Crippen LogP contribution in [0.2, 0.25) is 0 Å². The van der Waals surface area contributed by atoms with Crippen molar-refractivity contribution in [2.75, 3.05) is 26.2 Å². The smallest absolute Gasteiger partial charge is 0.227 e. The molecular formula is C20H25N3O3. The Morgan fingerprint density at radius 1 is 1.15 bits per heavy atom. The van der Waals surface area contributed by atoms with Crippen LogP contribution in [0.15, 0.2) is 30.3 Å². The molecule has 3 amide bonds. The molecule has 26 heavy (non-hydrogen) atoms. The van der Waals surface area contributed by atoms with Gasteiger partial charge in [0.05, 0.1) is 5.92 Å². The van der Waals surface area contributed by atoms with E-state index in [0.717, 1.165) is 24.9 Å². The molecule has 3 saturated heterocycles. The summed E-state index contributed by atoms with van der Waals surface area (Å²) in [5.41, 5.74) is 1.13. The zero-order chi connectivity index (χ0) is 18.1. The molecule has 1 spiro atoms. The Hall–Kier alpha value is -2.37. The van der Waals surface area contributed by atoms with Crippen LogP contribution in [0.25, 0.3) is 0 Å². The largest absolute Gasteiger partial charge is 0.356 e. The third-order valence-electron chi connectivity index (χ3n) is 6.11. The highest BCUT2D eigenvalue weighted by Crippen LogP contribution is 2.38. The molecule has 1 unspecified atom stereocenters. The number of carbonyl (C=O) groups excluding carboxylic acids is 3. The first-order chi connectivity index (χ1) is 12.5. The lowest BCUT2D eigenvalue weighted by atomic mass is 9.77. The molecule has 0 aliphatic carbocycles. The normalized spacial score (nSPS) is 25.0. The molecule has 3 aliphatic heterocycles. The highest BCUT2D eigenvalue weighted by Gasteiger charge is 2.43. The van der Waals surface area contributed by atoms with Crippen molar-refractivity contribution < 1.29 is 14.4 Å². The molecule has 3 aliphatic rings. The highest BCUT2D eigenvalue weighted by molar-refractivity contribution is 5.89. The molecule has 0 bridgehead atoms. The molecule has 3 fully saturated rings. The monoisotopic (exact) mass is 355 g/mol. The Labute approximate surface area is 153 Å². The lowest BCUT2D eigenvalue weighted by Crippen LogP contribution is -2.46. The van der Waals surface area contributed by atoms with E-state index < -0.39 is 0 Å². The number of benzene rings is 1. The van der Waals surface area contributed by atoms with Crippen LogP contribution in [-0.4, -0.2) is 53.7 Å². The van der Waals surface area contributed by atoms with E-state index in [9.17, 15) is 14.4 Å². The summed E-state index contributed by atoms with van der Waals surface area (Å²) in [5.74, 6) is 0.0543. The van der Waals surface area contributed by atoms with Crippen molar-refractivity contribution in [2.24, 2.45) is 11.3 Å². The van der Waals surface area contributed by atoms with Crippen LogP contribution >= 0.6 is 0 Å². The summed E-state index contributed by atoms with van der Waals surface area (Å²) in [6.45, 7) is 3.20. The van der Waals surface area contributed by atoms with E-state index in [1.54, 1.807) is 4.90 Å². The van der Waals surface area contributed by atoms with Gasteiger partial charge in [-0.25, -0.2) is 0 Å². The van der Waals surface area contributed by atoms with Gasteiger partial charge >= 0.3 is 0 Å². The van der Waals surface area contributed by atoms with E-state index in [4.69, 9.17) is 0 Å². The maximum Gasteiger partial charge on any atom is 0.227 e. The lowest BCUT2D eigenvalue weighted by molar-refractivity contribution is -0.138. The van der Waals surface area contributed by atoms with Gasteiger partial charge in [-0.15, -0.1) is 0 Å². The molecule has 1 aromatic carbocycles. The predicted molar refractivity (Wildman–Crippen MR) is 95.8 cm³/mol. The number of hydrogen-bond acceptors (Lipinski definition) is 3. The van der Waals surface area contributed by atoms with Crippen LogP contribution in [-0.2, 0) is 20.9 Å². The second-order valence-electron chi connectivity index (χ2n) is 7.94. The third-order valence-corrected chi connectivity index (χ3v) is 6.11. The van der Waals surface area contributed by atoms with Crippen LogP contribution in [0, 0.1) is 11.3 Å². The topological polar surface area (TPSA) is 69.7 Å². The van der Waals surface area contributed by atoms with Gasteiger partial charge in [-0.05, 0) is 23.8 Å². The molecule has 0 radical (unpaired) electrons. The maximum absolute atomic E-state index is 12.9. The van der Waals surface area contributed by atoms with Gasteiger partial charge < -0.3 is 15.1 Å². The third kappa shape index (κ3) is 3.32. The van der Waals surface area contributed by atoms with E-state index in [1.165, 1.54) is 0 Å². The minimum atomic E-state index is -0.233. The minimum Gasteiger partial charge on any atom is -0.356 e. The van der Waals surface area contributed by atoms with E-state index >= 15 is 0 Å². The highest BCUT2D eigenvalue weighted by atomic mass is 16.2. The van der Waals surface area contributed by atoms with E-state index in [0.29, 0.717) is 39.0 Å². The Morgan fingerprint density at radius 2 is 1.88 bits per heavy atom. The van der Waals surface area contributed by atoms with Gasteiger partial charge in [-0.1, -0.05) is 30.3 Å². The number of nitrogens with one attached hydrogen (secondary N) is 1. The Balaban J connectivity index is 1.33.